The van der Waals surface area contributed by atoms with Crippen molar-refractivity contribution in [3.63, 3.8) is 0 Å². The molecular formula is C22H21ClN4OS2. The number of rotatable bonds is 7. The van der Waals surface area contributed by atoms with Gasteiger partial charge in [-0.2, -0.15) is 0 Å². The highest BCUT2D eigenvalue weighted by Crippen LogP contribution is 2.29. The van der Waals surface area contributed by atoms with E-state index >= 15 is 0 Å². The van der Waals surface area contributed by atoms with E-state index in [1.807, 2.05) is 48.9 Å². The van der Waals surface area contributed by atoms with Gasteiger partial charge in [0.25, 0.3) is 0 Å². The fourth-order valence-electron chi connectivity index (χ4n) is 2.90. The first-order chi connectivity index (χ1) is 14.5. The minimum Gasteiger partial charge on any atom is -0.486 e. The highest BCUT2D eigenvalue weighted by atomic mass is 35.5. The molecule has 0 fully saturated rings. The molecule has 0 atom stereocenters. The molecular weight excluding hydrogens is 436 g/mol. The average Bonchev–Trinajstić information content (AvgIpc) is 3.34. The molecule has 4 aromatic rings. The lowest BCUT2D eigenvalue weighted by molar-refractivity contribution is 0.290. The average molecular weight is 457 g/mol. The molecule has 0 spiro atoms. The van der Waals surface area contributed by atoms with Gasteiger partial charge in [-0.15, -0.1) is 21.5 Å². The lowest BCUT2D eigenvalue weighted by Crippen LogP contribution is -2.04. The number of thioether (sulfide) groups is 1. The molecule has 0 radical (unpaired) electrons. The summed E-state index contributed by atoms with van der Waals surface area (Å²) < 4.78 is 7.81. The lowest BCUT2D eigenvalue weighted by atomic mass is 10.1. The normalized spacial score (nSPS) is 11.1. The summed E-state index contributed by atoms with van der Waals surface area (Å²) in [5.41, 5.74) is 4.45. The number of ether oxygens (including phenoxy) is 1. The number of halogens is 1. The Morgan fingerprint density at radius 3 is 2.73 bits per heavy atom. The van der Waals surface area contributed by atoms with Gasteiger partial charge in [-0.3, -0.25) is 0 Å². The Labute approximate surface area is 189 Å². The van der Waals surface area contributed by atoms with Crippen LogP contribution < -0.4 is 4.74 Å². The highest BCUT2D eigenvalue weighted by molar-refractivity contribution is 7.98. The standard InChI is InChI=1S/C22H21ClN4OS2/c1-14-6-4-5-7-18(14)21-24-16(12-29-21)13-30-22-26-25-20(27(22)3)11-28-17-8-9-19(23)15(2)10-17/h4-10,12H,11,13H2,1-3H3. The van der Waals surface area contributed by atoms with Crippen molar-refractivity contribution in [3.8, 4) is 16.3 Å². The van der Waals surface area contributed by atoms with E-state index in [2.05, 4.69) is 34.6 Å². The summed E-state index contributed by atoms with van der Waals surface area (Å²) in [4.78, 5) is 4.79. The van der Waals surface area contributed by atoms with Crippen LogP contribution in [0.3, 0.4) is 0 Å². The smallest absolute Gasteiger partial charge is 0.191 e. The third-order valence-corrected chi connectivity index (χ3v) is 7.10. The zero-order valence-electron chi connectivity index (χ0n) is 16.9. The summed E-state index contributed by atoms with van der Waals surface area (Å²) in [7, 11) is 1.95. The molecule has 2 aromatic heterocycles. The van der Waals surface area contributed by atoms with Gasteiger partial charge in [0.1, 0.15) is 17.4 Å². The van der Waals surface area contributed by atoms with Crippen molar-refractivity contribution < 1.29 is 4.74 Å². The van der Waals surface area contributed by atoms with Crippen LogP contribution >= 0.6 is 34.7 Å². The predicted octanol–water partition coefficient (Wildman–Crippen LogP) is 6.08. The van der Waals surface area contributed by atoms with Crippen LogP contribution in [0.15, 0.2) is 53.0 Å². The minimum atomic E-state index is 0.346. The molecule has 2 aromatic carbocycles. The van der Waals surface area contributed by atoms with E-state index in [1.165, 1.54) is 11.1 Å². The molecule has 0 aliphatic rings. The van der Waals surface area contributed by atoms with Crippen molar-refractivity contribution in [2.24, 2.45) is 7.05 Å². The van der Waals surface area contributed by atoms with E-state index in [1.54, 1.807) is 23.1 Å². The molecule has 0 saturated heterocycles. The molecule has 0 unspecified atom stereocenters. The monoisotopic (exact) mass is 456 g/mol. The maximum Gasteiger partial charge on any atom is 0.191 e. The number of aromatic nitrogens is 4. The van der Waals surface area contributed by atoms with Crippen LogP contribution in [0.25, 0.3) is 10.6 Å². The molecule has 154 valence electrons. The van der Waals surface area contributed by atoms with Gasteiger partial charge in [0.2, 0.25) is 0 Å². The molecule has 0 bridgehead atoms. The zero-order chi connectivity index (χ0) is 21.1. The summed E-state index contributed by atoms with van der Waals surface area (Å²) in [5.74, 6) is 2.27. The lowest BCUT2D eigenvalue weighted by Gasteiger charge is -2.08. The van der Waals surface area contributed by atoms with Crippen molar-refractivity contribution in [1.29, 1.82) is 0 Å². The van der Waals surface area contributed by atoms with E-state index in [0.717, 1.165) is 43.8 Å². The molecule has 0 N–H and O–H groups in total. The third-order valence-electron chi connectivity index (χ3n) is 4.70. The molecule has 4 rings (SSSR count). The first-order valence-electron chi connectivity index (χ1n) is 9.41. The number of thiazole rings is 1. The van der Waals surface area contributed by atoms with Gasteiger partial charge in [0.15, 0.2) is 11.0 Å². The van der Waals surface area contributed by atoms with Crippen LogP contribution in [0.1, 0.15) is 22.6 Å². The van der Waals surface area contributed by atoms with Crippen molar-refractivity contribution in [2.75, 3.05) is 0 Å². The second kappa shape index (κ2) is 9.20. The Morgan fingerprint density at radius 1 is 1.10 bits per heavy atom. The zero-order valence-corrected chi connectivity index (χ0v) is 19.3. The van der Waals surface area contributed by atoms with Gasteiger partial charge >= 0.3 is 0 Å². The Hall–Kier alpha value is -2.35. The van der Waals surface area contributed by atoms with E-state index in [9.17, 15) is 0 Å². The summed E-state index contributed by atoms with van der Waals surface area (Å²) >= 11 is 9.36. The van der Waals surface area contributed by atoms with Crippen molar-refractivity contribution >= 4 is 34.7 Å². The highest BCUT2D eigenvalue weighted by Gasteiger charge is 2.12. The Morgan fingerprint density at radius 2 is 1.93 bits per heavy atom. The van der Waals surface area contributed by atoms with Crippen LogP contribution in [-0.2, 0) is 19.4 Å². The number of hydrogen-bond acceptors (Lipinski definition) is 6. The quantitative estimate of drug-likeness (QED) is 0.315. The molecule has 0 saturated carbocycles. The van der Waals surface area contributed by atoms with E-state index < -0.39 is 0 Å². The Bertz CT molecular complexity index is 1170. The second-order valence-electron chi connectivity index (χ2n) is 6.91. The van der Waals surface area contributed by atoms with Crippen LogP contribution in [-0.4, -0.2) is 19.7 Å². The molecule has 30 heavy (non-hydrogen) atoms. The summed E-state index contributed by atoms with van der Waals surface area (Å²) in [6.07, 6.45) is 0. The number of benzene rings is 2. The number of nitrogens with zero attached hydrogens (tertiary/aromatic N) is 4. The first kappa shape index (κ1) is 20.9. The Kier molecular flexibility index (Phi) is 6.41. The number of aryl methyl sites for hydroxylation is 2. The van der Waals surface area contributed by atoms with Gasteiger partial charge in [-0.25, -0.2) is 4.98 Å². The van der Waals surface area contributed by atoms with Gasteiger partial charge in [0, 0.05) is 28.8 Å². The van der Waals surface area contributed by atoms with Crippen LogP contribution in [0, 0.1) is 13.8 Å². The summed E-state index contributed by atoms with van der Waals surface area (Å²) in [5, 5.41) is 13.3. The maximum absolute atomic E-state index is 6.07. The first-order valence-corrected chi connectivity index (χ1v) is 11.7. The minimum absolute atomic E-state index is 0.346. The fourth-order valence-corrected chi connectivity index (χ4v) is 4.85. The van der Waals surface area contributed by atoms with Gasteiger partial charge in [-0.1, -0.05) is 47.6 Å². The van der Waals surface area contributed by atoms with E-state index in [4.69, 9.17) is 21.3 Å². The van der Waals surface area contributed by atoms with Crippen LogP contribution in [0.5, 0.6) is 5.75 Å². The molecule has 2 heterocycles. The predicted molar refractivity (Wildman–Crippen MR) is 123 cm³/mol. The summed E-state index contributed by atoms with van der Waals surface area (Å²) in [6.45, 7) is 4.41. The van der Waals surface area contributed by atoms with Crippen molar-refractivity contribution in [3.05, 3.63) is 75.5 Å². The van der Waals surface area contributed by atoms with Crippen molar-refractivity contribution in [1.82, 2.24) is 19.7 Å². The van der Waals surface area contributed by atoms with Gasteiger partial charge in [0.05, 0.1) is 5.69 Å². The van der Waals surface area contributed by atoms with Crippen LogP contribution in [0.2, 0.25) is 5.02 Å². The van der Waals surface area contributed by atoms with E-state index in [-0.39, 0.29) is 0 Å². The van der Waals surface area contributed by atoms with Gasteiger partial charge < -0.3 is 9.30 Å². The van der Waals surface area contributed by atoms with Crippen LogP contribution in [0.4, 0.5) is 0 Å². The van der Waals surface area contributed by atoms with Gasteiger partial charge in [-0.05, 0) is 43.2 Å². The Balaban J connectivity index is 1.38. The molecule has 5 nitrogen and oxygen atoms in total. The molecule has 8 heteroatoms. The largest absolute Gasteiger partial charge is 0.486 e. The molecule has 0 aliphatic carbocycles. The number of hydrogen-bond donors (Lipinski definition) is 0. The second-order valence-corrected chi connectivity index (χ2v) is 9.11. The van der Waals surface area contributed by atoms with E-state index in [0.29, 0.717) is 6.61 Å². The molecule has 0 aliphatic heterocycles. The maximum atomic E-state index is 6.07. The SMILES string of the molecule is Cc1cc(OCc2nnc(SCc3csc(-c4ccccc4C)n3)n2C)ccc1Cl. The summed E-state index contributed by atoms with van der Waals surface area (Å²) in [6, 6.07) is 13.9. The topological polar surface area (TPSA) is 52.8 Å². The molecule has 0 amide bonds. The third kappa shape index (κ3) is 4.69. The van der Waals surface area contributed by atoms with Crippen molar-refractivity contribution in [2.45, 2.75) is 31.4 Å². The fraction of sp³-hybridized carbons (Fsp3) is 0.227.